The second kappa shape index (κ2) is 6.35. The number of aryl methyl sites for hydroxylation is 1. The molecule has 1 saturated heterocycles. The molecule has 1 aromatic heterocycles. The van der Waals surface area contributed by atoms with E-state index in [-0.39, 0.29) is 6.61 Å². The minimum Gasteiger partial charge on any atom is -0.392 e. The summed E-state index contributed by atoms with van der Waals surface area (Å²) in [6.45, 7) is 7.71. The first-order valence-corrected chi connectivity index (χ1v) is 7.17. The Labute approximate surface area is 116 Å². The van der Waals surface area contributed by atoms with Crippen LogP contribution in [-0.2, 0) is 6.61 Å². The summed E-state index contributed by atoms with van der Waals surface area (Å²) < 4.78 is 0. The van der Waals surface area contributed by atoms with Gasteiger partial charge in [-0.15, -0.1) is 0 Å². The third-order valence-electron chi connectivity index (χ3n) is 3.94. The Balaban J connectivity index is 2.27. The summed E-state index contributed by atoms with van der Waals surface area (Å²) in [5.74, 6) is 1.08. The number of anilines is 1. The highest BCUT2D eigenvalue weighted by Gasteiger charge is 2.24. The van der Waals surface area contributed by atoms with Gasteiger partial charge in [0.2, 0.25) is 0 Å². The van der Waals surface area contributed by atoms with Crippen LogP contribution in [0.3, 0.4) is 0 Å². The third kappa shape index (κ3) is 3.25. The van der Waals surface area contributed by atoms with Crippen LogP contribution in [-0.4, -0.2) is 47.7 Å². The molecule has 2 heterocycles. The zero-order valence-electron chi connectivity index (χ0n) is 12.3. The average Bonchev–Trinajstić information content (AvgIpc) is 2.60. The maximum atomic E-state index is 9.18. The Kier molecular flexibility index (Phi) is 4.77. The van der Waals surface area contributed by atoms with Crippen molar-refractivity contribution in [2.24, 2.45) is 0 Å². The highest BCUT2D eigenvalue weighted by molar-refractivity contribution is 5.48. The lowest BCUT2D eigenvalue weighted by Gasteiger charge is -2.32. The van der Waals surface area contributed by atoms with Gasteiger partial charge in [-0.2, -0.15) is 0 Å². The molecule has 106 valence electrons. The van der Waals surface area contributed by atoms with Crippen LogP contribution in [0.15, 0.2) is 12.3 Å². The summed E-state index contributed by atoms with van der Waals surface area (Å²) in [6, 6.07) is 2.57. The van der Waals surface area contributed by atoms with Gasteiger partial charge in [-0.05, 0) is 50.6 Å². The van der Waals surface area contributed by atoms with E-state index < -0.39 is 0 Å². The number of nitrogens with zero attached hydrogens (tertiary/aromatic N) is 3. The summed E-state index contributed by atoms with van der Waals surface area (Å²) in [5, 5.41) is 9.18. The van der Waals surface area contributed by atoms with Crippen LogP contribution >= 0.6 is 0 Å². The van der Waals surface area contributed by atoms with Crippen LogP contribution in [0.2, 0.25) is 0 Å². The first-order valence-electron chi connectivity index (χ1n) is 7.17. The molecule has 4 nitrogen and oxygen atoms in total. The largest absolute Gasteiger partial charge is 0.392 e. The van der Waals surface area contributed by atoms with Crippen molar-refractivity contribution in [1.29, 1.82) is 0 Å². The van der Waals surface area contributed by atoms with Crippen LogP contribution in [0.4, 0.5) is 5.82 Å². The van der Waals surface area contributed by atoms with Gasteiger partial charge in [0, 0.05) is 25.3 Å². The Bertz CT molecular complexity index is 422. The van der Waals surface area contributed by atoms with Crippen LogP contribution in [0.5, 0.6) is 0 Å². The minimum atomic E-state index is 0.0636. The standard InChI is InChI=1S/C15H25N3O/c1-4-14-10-17(3)6-5-7-18(14)15-12(2)8-13(11-19)9-16-15/h8-9,14,19H,4-7,10-11H2,1-3H3. The molecule has 0 spiro atoms. The summed E-state index contributed by atoms with van der Waals surface area (Å²) in [7, 11) is 2.20. The summed E-state index contributed by atoms with van der Waals surface area (Å²) in [4.78, 5) is 9.44. The zero-order valence-corrected chi connectivity index (χ0v) is 12.3. The molecule has 1 unspecified atom stereocenters. The topological polar surface area (TPSA) is 39.6 Å². The molecule has 0 aliphatic carbocycles. The van der Waals surface area contributed by atoms with Gasteiger partial charge in [-0.3, -0.25) is 0 Å². The smallest absolute Gasteiger partial charge is 0.131 e. The van der Waals surface area contributed by atoms with Crippen LogP contribution in [0, 0.1) is 6.92 Å². The van der Waals surface area contributed by atoms with Gasteiger partial charge >= 0.3 is 0 Å². The van der Waals surface area contributed by atoms with E-state index in [0.717, 1.165) is 43.0 Å². The first kappa shape index (κ1) is 14.3. The fourth-order valence-corrected chi connectivity index (χ4v) is 2.88. The molecule has 0 amide bonds. The molecule has 1 aromatic rings. The Hall–Kier alpha value is -1.13. The summed E-state index contributed by atoms with van der Waals surface area (Å²) >= 11 is 0. The molecule has 2 rings (SSSR count). The third-order valence-corrected chi connectivity index (χ3v) is 3.94. The number of aliphatic hydroxyl groups is 1. The van der Waals surface area contributed by atoms with Crippen molar-refractivity contribution in [3.05, 3.63) is 23.4 Å². The second-order valence-corrected chi connectivity index (χ2v) is 5.51. The quantitative estimate of drug-likeness (QED) is 0.903. The van der Waals surface area contributed by atoms with E-state index in [2.05, 4.69) is 35.7 Å². The van der Waals surface area contributed by atoms with Gasteiger partial charge in [-0.1, -0.05) is 6.92 Å². The van der Waals surface area contributed by atoms with Gasteiger partial charge in [0.25, 0.3) is 0 Å². The van der Waals surface area contributed by atoms with E-state index in [9.17, 15) is 5.11 Å². The molecular weight excluding hydrogens is 238 g/mol. The number of aliphatic hydroxyl groups excluding tert-OH is 1. The predicted octanol–water partition coefficient (Wildman–Crippen LogP) is 1.80. The minimum absolute atomic E-state index is 0.0636. The van der Waals surface area contributed by atoms with Crippen molar-refractivity contribution in [3.8, 4) is 0 Å². The maximum Gasteiger partial charge on any atom is 0.131 e. The molecule has 19 heavy (non-hydrogen) atoms. The average molecular weight is 263 g/mol. The van der Waals surface area contributed by atoms with Gasteiger partial charge in [0.1, 0.15) is 5.82 Å². The van der Waals surface area contributed by atoms with Crippen molar-refractivity contribution in [1.82, 2.24) is 9.88 Å². The second-order valence-electron chi connectivity index (χ2n) is 5.51. The van der Waals surface area contributed by atoms with Crippen LogP contribution < -0.4 is 4.90 Å². The molecule has 0 saturated carbocycles. The van der Waals surface area contributed by atoms with Crippen molar-refractivity contribution >= 4 is 5.82 Å². The summed E-state index contributed by atoms with van der Waals surface area (Å²) in [5.41, 5.74) is 2.05. The molecule has 1 N–H and O–H groups in total. The molecule has 0 radical (unpaired) electrons. The van der Waals surface area contributed by atoms with Gasteiger partial charge in [0.05, 0.1) is 6.61 Å². The van der Waals surface area contributed by atoms with Gasteiger partial charge < -0.3 is 14.9 Å². The van der Waals surface area contributed by atoms with Crippen molar-refractivity contribution in [2.45, 2.75) is 39.3 Å². The van der Waals surface area contributed by atoms with Crippen LogP contribution in [0.25, 0.3) is 0 Å². The molecular formula is C15H25N3O. The highest BCUT2D eigenvalue weighted by atomic mass is 16.3. The molecule has 4 heteroatoms. The number of aromatic nitrogens is 1. The fraction of sp³-hybridized carbons (Fsp3) is 0.667. The number of hydrogen-bond donors (Lipinski definition) is 1. The van der Waals surface area contributed by atoms with E-state index in [1.54, 1.807) is 6.20 Å². The number of likely N-dealkylation sites (N-methyl/N-ethyl adjacent to an activating group) is 1. The molecule has 1 atom stereocenters. The lowest BCUT2D eigenvalue weighted by atomic mass is 10.1. The molecule has 0 aromatic carbocycles. The Morgan fingerprint density at radius 3 is 2.84 bits per heavy atom. The lowest BCUT2D eigenvalue weighted by Crippen LogP contribution is -2.40. The van der Waals surface area contributed by atoms with Gasteiger partial charge in [0.15, 0.2) is 0 Å². The molecule has 1 aliphatic rings. The lowest BCUT2D eigenvalue weighted by molar-refractivity contribution is 0.281. The van der Waals surface area contributed by atoms with Crippen molar-refractivity contribution in [3.63, 3.8) is 0 Å². The number of pyridine rings is 1. The van der Waals surface area contributed by atoms with E-state index in [0.29, 0.717) is 6.04 Å². The van der Waals surface area contributed by atoms with Gasteiger partial charge in [-0.25, -0.2) is 4.98 Å². The van der Waals surface area contributed by atoms with E-state index in [1.807, 2.05) is 6.07 Å². The highest BCUT2D eigenvalue weighted by Crippen LogP contribution is 2.24. The zero-order chi connectivity index (χ0) is 13.8. The Morgan fingerprint density at radius 2 is 2.21 bits per heavy atom. The first-order chi connectivity index (χ1) is 9.15. The monoisotopic (exact) mass is 263 g/mol. The summed E-state index contributed by atoms with van der Waals surface area (Å²) in [6.07, 6.45) is 4.10. The van der Waals surface area contributed by atoms with E-state index >= 15 is 0 Å². The molecule has 0 bridgehead atoms. The predicted molar refractivity (Wildman–Crippen MR) is 78.4 cm³/mol. The molecule has 1 aliphatic heterocycles. The Morgan fingerprint density at radius 1 is 1.42 bits per heavy atom. The van der Waals surface area contributed by atoms with E-state index in [4.69, 9.17) is 0 Å². The molecule has 1 fully saturated rings. The van der Waals surface area contributed by atoms with E-state index in [1.165, 1.54) is 6.42 Å². The fourth-order valence-electron chi connectivity index (χ4n) is 2.88. The van der Waals surface area contributed by atoms with Crippen molar-refractivity contribution in [2.75, 3.05) is 31.6 Å². The van der Waals surface area contributed by atoms with Crippen molar-refractivity contribution < 1.29 is 5.11 Å². The maximum absolute atomic E-state index is 9.18. The number of rotatable bonds is 3. The van der Waals surface area contributed by atoms with Crippen LogP contribution in [0.1, 0.15) is 30.9 Å². The SMILES string of the molecule is CCC1CN(C)CCCN1c1ncc(CO)cc1C. The normalized spacial score (nSPS) is 21.5. The number of hydrogen-bond acceptors (Lipinski definition) is 4.